The molecule has 0 fully saturated rings. The Labute approximate surface area is 202 Å². The summed E-state index contributed by atoms with van der Waals surface area (Å²) >= 11 is 0. The van der Waals surface area contributed by atoms with Gasteiger partial charge < -0.3 is 8.98 Å². The summed E-state index contributed by atoms with van der Waals surface area (Å²) in [6.07, 6.45) is 0. The first-order valence-electron chi connectivity index (χ1n) is 11.8. The van der Waals surface area contributed by atoms with Gasteiger partial charge in [0.2, 0.25) is 5.89 Å². The Morgan fingerprint density at radius 1 is 0.629 bits per heavy atom. The number of aromatic nitrogens is 2. The number of benzene rings is 5. The van der Waals surface area contributed by atoms with Crippen LogP contribution in [0.3, 0.4) is 0 Å². The Balaban J connectivity index is 1.30. The fourth-order valence-electron chi connectivity index (χ4n) is 5.07. The second-order valence-corrected chi connectivity index (χ2v) is 8.93. The van der Waals surface area contributed by atoms with Crippen LogP contribution in [0.2, 0.25) is 0 Å². The predicted molar refractivity (Wildman–Crippen MR) is 144 cm³/mol. The standard InChI is InChI=1S/C32H22N2O/c1-21-8-2-3-9-25(21)23-16-19-31-28(20-23)33-32(35-31)22-14-17-24(18-15-22)34-29-12-6-4-10-26(29)27-11-5-7-13-30(27)34/h2-20H,1H3. The Kier molecular flexibility index (Phi) is 4.36. The zero-order valence-corrected chi connectivity index (χ0v) is 19.3. The monoisotopic (exact) mass is 450 g/mol. The molecule has 0 atom stereocenters. The maximum absolute atomic E-state index is 6.13. The van der Waals surface area contributed by atoms with Crippen molar-refractivity contribution in [3.8, 4) is 28.3 Å². The van der Waals surface area contributed by atoms with Crippen molar-refractivity contribution in [2.24, 2.45) is 0 Å². The molecule has 2 heterocycles. The summed E-state index contributed by atoms with van der Waals surface area (Å²) in [7, 11) is 0. The van der Waals surface area contributed by atoms with E-state index in [9.17, 15) is 0 Å². The first kappa shape index (κ1) is 19.8. The van der Waals surface area contributed by atoms with E-state index >= 15 is 0 Å². The molecule has 2 aromatic heterocycles. The topological polar surface area (TPSA) is 31.0 Å². The number of hydrogen-bond acceptors (Lipinski definition) is 2. The average molecular weight is 451 g/mol. The summed E-state index contributed by atoms with van der Waals surface area (Å²) in [6.45, 7) is 2.13. The predicted octanol–water partition coefficient (Wildman–Crippen LogP) is 8.57. The van der Waals surface area contributed by atoms with Gasteiger partial charge in [-0.3, -0.25) is 0 Å². The Morgan fingerprint density at radius 3 is 1.97 bits per heavy atom. The van der Waals surface area contributed by atoms with Crippen molar-refractivity contribution in [3.05, 3.63) is 121 Å². The van der Waals surface area contributed by atoms with E-state index < -0.39 is 0 Å². The van der Waals surface area contributed by atoms with Crippen molar-refractivity contribution in [1.29, 1.82) is 0 Å². The molecule has 0 bridgehead atoms. The van der Waals surface area contributed by atoms with Gasteiger partial charge in [-0.1, -0.05) is 66.7 Å². The molecule has 0 amide bonds. The molecule has 0 radical (unpaired) electrons. The van der Waals surface area contributed by atoms with Crippen LogP contribution in [0.25, 0.3) is 61.2 Å². The lowest BCUT2D eigenvalue weighted by atomic mass is 10.0. The molecule has 7 aromatic rings. The van der Waals surface area contributed by atoms with Gasteiger partial charge in [0.1, 0.15) is 5.52 Å². The van der Waals surface area contributed by atoms with Crippen molar-refractivity contribution < 1.29 is 4.42 Å². The van der Waals surface area contributed by atoms with E-state index in [1.165, 1.54) is 32.9 Å². The molecule has 0 unspecified atom stereocenters. The van der Waals surface area contributed by atoms with E-state index in [0.717, 1.165) is 27.9 Å². The minimum Gasteiger partial charge on any atom is -0.436 e. The molecular formula is C32H22N2O. The van der Waals surface area contributed by atoms with E-state index in [4.69, 9.17) is 9.40 Å². The van der Waals surface area contributed by atoms with Crippen molar-refractivity contribution in [2.45, 2.75) is 6.92 Å². The van der Waals surface area contributed by atoms with Crippen LogP contribution in [0, 0.1) is 6.92 Å². The quantitative estimate of drug-likeness (QED) is 0.270. The van der Waals surface area contributed by atoms with Crippen LogP contribution in [-0.4, -0.2) is 9.55 Å². The van der Waals surface area contributed by atoms with Crippen LogP contribution >= 0.6 is 0 Å². The molecule has 3 nitrogen and oxygen atoms in total. The Hall–Kier alpha value is -4.63. The minimum atomic E-state index is 0.635. The second kappa shape index (κ2) is 7.71. The van der Waals surface area contributed by atoms with Gasteiger partial charge in [0.05, 0.1) is 11.0 Å². The maximum atomic E-state index is 6.13. The van der Waals surface area contributed by atoms with E-state index in [1.807, 2.05) is 6.07 Å². The zero-order chi connectivity index (χ0) is 23.4. The average Bonchev–Trinajstić information content (AvgIpc) is 3.48. The Bertz CT molecular complexity index is 1800. The number of oxazole rings is 1. The van der Waals surface area contributed by atoms with Gasteiger partial charge in [0, 0.05) is 22.0 Å². The number of rotatable bonds is 3. The van der Waals surface area contributed by atoms with Gasteiger partial charge in [0.15, 0.2) is 5.58 Å². The van der Waals surface area contributed by atoms with Crippen molar-refractivity contribution in [1.82, 2.24) is 9.55 Å². The van der Waals surface area contributed by atoms with Gasteiger partial charge in [-0.25, -0.2) is 4.98 Å². The van der Waals surface area contributed by atoms with Gasteiger partial charge in [-0.2, -0.15) is 0 Å². The molecule has 0 saturated heterocycles. The van der Waals surface area contributed by atoms with Crippen LogP contribution in [-0.2, 0) is 0 Å². The van der Waals surface area contributed by atoms with Gasteiger partial charge in [-0.05, 0) is 72.1 Å². The summed E-state index contributed by atoms with van der Waals surface area (Å²) in [5.74, 6) is 0.635. The van der Waals surface area contributed by atoms with Crippen LogP contribution < -0.4 is 0 Å². The fourth-order valence-corrected chi connectivity index (χ4v) is 5.07. The highest BCUT2D eigenvalue weighted by atomic mass is 16.3. The largest absolute Gasteiger partial charge is 0.436 e. The molecule has 166 valence electrons. The normalized spacial score (nSPS) is 11.6. The van der Waals surface area contributed by atoms with Crippen molar-refractivity contribution in [3.63, 3.8) is 0 Å². The molecule has 35 heavy (non-hydrogen) atoms. The Morgan fingerprint density at radius 2 is 1.26 bits per heavy atom. The van der Waals surface area contributed by atoms with Crippen LogP contribution in [0.4, 0.5) is 0 Å². The van der Waals surface area contributed by atoms with Crippen LogP contribution in [0.1, 0.15) is 5.56 Å². The summed E-state index contributed by atoms with van der Waals surface area (Å²) in [6, 6.07) is 40.2. The molecule has 0 spiro atoms. The molecule has 7 rings (SSSR count). The minimum absolute atomic E-state index is 0.635. The highest BCUT2D eigenvalue weighted by Gasteiger charge is 2.13. The summed E-state index contributed by atoms with van der Waals surface area (Å²) in [5.41, 5.74) is 9.75. The number of aryl methyl sites for hydroxylation is 1. The van der Waals surface area contributed by atoms with E-state index in [0.29, 0.717) is 5.89 Å². The SMILES string of the molecule is Cc1ccccc1-c1ccc2oc(-c3ccc(-n4c5ccccc5c5ccccc54)cc3)nc2c1. The molecule has 0 N–H and O–H groups in total. The smallest absolute Gasteiger partial charge is 0.227 e. The summed E-state index contributed by atoms with van der Waals surface area (Å²) in [4.78, 5) is 4.82. The maximum Gasteiger partial charge on any atom is 0.227 e. The van der Waals surface area contributed by atoms with Crippen molar-refractivity contribution in [2.75, 3.05) is 0 Å². The molecule has 0 aliphatic rings. The van der Waals surface area contributed by atoms with Crippen LogP contribution in [0.15, 0.2) is 120 Å². The first-order chi connectivity index (χ1) is 17.3. The third kappa shape index (κ3) is 3.17. The number of hydrogen-bond donors (Lipinski definition) is 0. The third-order valence-corrected chi connectivity index (χ3v) is 6.80. The van der Waals surface area contributed by atoms with Crippen molar-refractivity contribution >= 4 is 32.9 Å². The summed E-state index contributed by atoms with van der Waals surface area (Å²) in [5, 5.41) is 2.52. The fraction of sp³-hybridized carbons (Fsp3) is 0.0312. The lowest BCUT2D eigenvalue weighted by Crippen LogP contribution is -1.93. The molecule has 0 aliphatic heterocycles. The highest BCUT2D eigenvalue weighted by molar-refractivity contribution is 6.09. The van der Waals surface area contributed by atoms with Gasteiger partial charge in [-0.15, -0.1) is 0 Å². The molecule has 5 aromatic carbocycles. The number of para-hydroxylation sites is 2. The molecule has 3 heteroatoms. The molecular weight excluding hydrogens is 428 g/mol. The number of fused-ring (bicyclic) bond motifs is 4. The van der Waals surface area contributed by atoms with Crippen LogP contribution in [0.5, 0.6) is 0 Å². The van der Waals surface area contributed by atoms with E-state index in [2.05, 4.69) is 121 Å². The molecule has 0 aliphatic carbocycles. The first-order valence-corrected chi connectivity index (χ1v) is 11.8. The second-order valence-electron chi connectivity index (χ2n) is 8.93. The zero-order valence-electron chi connectivity index (χ0n) is 19.3. The van der Waals surface area contributed by atoms with Gasteiger partial charge in [0.25, 0.3) is 0 Å². The lowest BCUT2D eigenvalue weighted by Gasteiger charge is -2.08. The third-order valence-electron chi connectivity index (χ3n) is 6.80. The van der Waals surface area contributed by atoms with E-state index in [-0.39, 0.29) is 0 Å². The molecule has 0 saturated carbocycles. The number of nitrogens with zero attached hydrogens (tertiary/aromatic N) is 2. The highest BCUT2D eigenvalue weighted by Crippen LogP contribution is 2.33. The van der Waals surface area contributed by atoms with E-state index in [1.54, 1.807) is 0 Å². The lowest BCUT2D eigenvalue weighted by molar-refractivity contribution is 0.620. The summed E-state index contributed by atoms with van der Waals surface area (Å²) < 4.78 is 8.44. The van der Waals surface area contributed by atoms with Gasteiger partial charge >= 0.3 is 0 Å².